The summed E-state index contributed by atoms with van der Waals surface area (Å²) in [5, 5.41) is 9.58. The number of aliphatic hydroxyl groups excluding tert-OH is 1. The highest BCUT2D eigenvalue weighted by molar-refractivity contribution is 8.27. The lowest BCUT2D eigenvalue weighted by Gasteiger charge is -2.15. The van der Waals surface area contributed by atoms with E-state index in [1.54, 1.807) is 24.3 Å². The molecule has 26 heavy (non-hydrogen) atoms. The number of carbonyl (C=O) groups is 2. The molecule has 1 fully saturated rings. The number of amides is 2. The maximum absolute atomic E-state index is 13.1. The Hall–Kier alpha value is -2.48. The molecule has 7 heteroatoms. The Morgan fingerprint density at radius 1 is 1.08 bits per heavy atom. The standard InChI is InChI=1S/C19H14N2O3S2/c1-11-5-4-6-12(9-11)21-18(24)16(26-19(21)25)15-13-7-2-3-8-14(13)20(10-22)17(15)23/h2-9,22H,10H2,1H3. The van der Waals surface area contributed by atoms with Crippen LogP contribution in [0.15, 0.2) is 53.4 Å². The lowest BCUT2D eigenvalue weighted by Crippen LogP contribution is -2.29. The minimum Gasteiger partial charge on any atom is -0.376 e. The second-order valence-electron chi connectivity index (χ2n) is 5.94. The van der Waals surface area contributed by atoms with E-state index in [4.69, 9.17) is 12.2 Å². The van der Waals surface area contributed by atoms with Gasteiger partial charge in [0.25, 0.3) is 11.8 Å². The third-order valence-corrected chi connectivity index (χ3v) is 5.69. The van der Waals surface area contributed by atoms with Gasteiger partial charge in [0.2, 0.25) is 0 Å². The molecule has 130 valence electrons. The van der Waals surface area contributed by atoms with Crippen molar-refractivity contribution in [3.8, 4) is 0 Å². The Morgan fingerprint density at radius 3 is 2.58 bits per heavy atom. The number of nitrogens with zero attached hydrogens (tertiary/aromatic N) is 2. The van der Waals surface area contributed by atoms with Crippen molar-refractivity contribution in [2.24, 2.45) is 0 Å². The van der Waals surface area contributed by atoms with E-state index >= 15 is 0 Å². The number of para-hydroxylation sites is 1. The summed E-state index contributed by atoms with van der Waals surface area (Å²) in [5.41, 5.74) is 3.22. The van der Waals surface area contributed by atoms with E-state index in [0.29, 0.717) is 31.7 Å². The molecule has 2 aliphatic heterocycles. The molecule has 4 rings (SSSR count). The summed E-state index contributed by atoms with van der Waals surface area (Å²) >= 11 is 6.53. The van der Waals surface area contributed by atoms with Gasteiger partial charge < -0.3 is 5.11 Å². The average Bonchev–Trinajstić information content (AvgIpc) is 3.07. The third-order valence-electron chi connectivity index (χ3n) is 4.32. The van der Waals surface area contributed by atoms with Crippen molar-refractivity contribution in [1.82, 2.24) is 0 Å². The van der Waals surface area contributed by atoms with Crippen LogP contribution in [0.25, 0.3) is 5.57 Å². The van der Waals surface area contributed by atoms with Crippen LogP contribution in [0.5, 0.6) is 0 Å². The molecule has 1 saturated heterocycles. The second kappa shape index (κ2) is 6.35. The van der Waals surface area contributed by atoms with Crippen LogP contribution >= 0.6 is 24.0 Å². The van der Waals surface area contributed by atoms with Gasteiger partial charge in [-0.1, -0.05) is 54.3 Å². The number of anilines is 2. The van der Waals surface area contributed by atoms with Gasteiger partial charge >= 0.3 is 0 Å². The number of hydrogen-bond acceptors (Lipinski definition) is 5. The van der Waals surface area contributed by atoms with Crippen molar-refractivity contribution >= 4 is 57.1 Å². The Labute approximate surface area is 159 Å². The van der Waals surface area contributed by atoms with Gasteiger partial charge in [0.05, 0.1) is 21.9 Å². The first-order valence-electron chi connectivity index (χ1n) is 7.92. The summed E-state index contributed by atoms with van der Waals surface area (Å²) in [7, 11) is 0. The summed E-state index contributed by atoms with van der Waals surface area (Å²) < 4.78 is 0.385. The predicted octanol–water partition coefficient (Wildman–Crippen LogP) is 3.07. The molecule has 2 heterocycles. The van der Waals surface area contributed by atoms with E-state index in [1.165, 1.54) is 9.80 Å². The van der Waals surface area contributed by atoms with Crippen LogP contribution in [0.1, 0.15) is 11.1 Å². The van der Waals surface area contributed by atoms with Crippen LogP contribution in [-0.4, -0.2) is 28.0 Å². The summed E-state index contributed by atoms with van der Waals surface area (Å²) in [5.74, 6) is -0.706. The zero-order valence-electron chi connectivity index (χ0n) is 13.8. The highest BCUT2D eigenvalue weighted by Gasteiger charge is 2.42. The van der Waals surface area contributed by atoms with Crippen LogP contribution < -0.4 is 9.80 Å². The quantitative estimate of drug-likeness (QED) is 0.639. The van der Waals surface area contributed by atoms with Gasteiger partial charge in [0.1, 0.15) is 6.73 Å². The maximum atomic E-state index is 13.1. The lowest BCUT2D eigenvalue weighted by molar-refractivity contribution is -0.115. The highest BCUT2D eigenvalue weighted by Crippen LogP contribution is 2.45. The molecule has 1 N–H and O–H groups in total. The molecule has 0 spiro atoms. The van der Waals surface area contributed by atoms with E-state index in [2.05, 4.69) is 0 Å². The zero-order valence-corrected chi connectivity index (χ0v) is 15.4. The fourth-order valence-corrected chi connectivity index (χ4v) is 4.52. The third kappa shape index (κ3) is 2.47. The van der Waals surface area contributed by atoms with E-state index in [-0.39, 0.29) is 5.91 Å². The van der Waals surface area contributed by atoms with E-state index in [9.17, 15) is 14.7 Å². The van der Waals surface area contributed by atoms with Crippen molar-refractivity contribution in [1.29, 1.82) is 0 Å². The number of benzene rings is 2. The van der Waals surface area contributed by atoms with Crippen molar-refractivity contribution in [3.05, 3.63) is 64.6 Å². The number of fused-ring (bicyclic) bond motifs is 1. The minimum atomic E-state index is -0.447. The number of thiocarbonyl (C=S) groups is 1. The second-order valence-corrected chi connectivity index (χ2v) is 7.59. The fourth-order valence-electron chi connectivity index (χ4n) is 3.15. The molecule has 0 bridgehead atoms. The molecule has 0 aromatic heterocycles. The fraction of sp³-hybridized carbons (Fsp3) is 0.105. The first kappa shape index (κ1) is 17.0. The van der Waals surface area contributed by atoms with Gasteiger partial charge in [-0.05, 0) is 30.7 Å². The molecule has 0 saturated carbocycles. The normalized spacial score (nSPS) is 19.5. The minimum absolute atomic E-state index is 0.294. The Kier molecular flexibility index (Phi) is 4.14. The topological polar surface area (TPSA) is 60.9 Å². The molecular formula is C19H14N2O3S2. The van der Waals surface area contributed by atoms with E-state index in [0.717, 1.165) is 17.3 Å². The van der Waals surface area contributed by atoms with Gasteiger partial charge in [0.15, 0.2) is 4.32 Å². The molecule has 0 atom stereocenters. The molecule has 5 nitrogen and oxygen atoms in total. The van der Waals surface area contributed by atoms with E-state index in [1.807, 2.05) is 31.2 Å². The van der Waals surface area contributed by atoms with Crippen molar-refractivity contribution in [2.45, 2.75) is 6.92 Å². The molecule has 2 aromatic carbocycles. The van der Waals surface area contributed by atoms with E-state index < -0.39 is 12.6 Å². The highest BCUT2D eigenvalue weighted by atomic mass is 32.2. The smallest absolute Gasteiger partial charge is 0.271 e. The largest absolute Gasteiger partial charge is 0.376 e. The zero-order chi connectivity index (χ0) is 18.4. The average molecular weight is 382 g/mol. The maximum Gasteiger partial charge on any atom is 0.271 e. The van der Waals surface area contributed by atoms with Gasteiger partial charge in [-0.3, -0.25) is 19.4 Å². The number of aliphatic hydroxyl groups is 1. The molecule has 2 aliphatic rings. The van der Waals surface area contributed by atoms with Crippen molar-refractivity contribution in [3.63, 3.8) is 0 Å². The van der Waals surface area contributed by atoms with Crippen LogP contribution in [0.3, 0.4) is 0 Å². The lowest BCUT2D eigenvalue weighted by atomic mass is 10.1. The molecular weight excluding hydrogens is 368 g/mol. The van der Waals surface area contributed by atoms with Crippen LogP contribution in [-0.2, 0) is 9.59 Å². The summed E-state index contributed by atoms with van der Waals surface area (Å²) in [4.78, 5) is 28.9. The van der Waals surface area contributed by atoms with Gasteiger partial charge in [-0.25, -0.2) is 0 Å². The number of aryl methyl sites for hydroxylation is 1. The number of hydrogen-bond donors (Lipinski definition) is 1. The van der Waals surface area contributed by atoms with Crippen LogP contribution in [0, 0.1) is 6.92 Å². The summed E-state index contributed by atoms with van der Waals surface area (Å²) in [6.45, 7) is 1.49. The molecule has 0 aliphatic carbocycles. The van der Waals surface area contributed by atoms with Crippen molar-refractivity contribution in [2.75, 3.05) is 16.5 Å². The van der Waals surface area contributed by atoms with Gasteiger partial charge in [-0.15, -0.1) is 0 Å². The summed E-state index contributed by atoms with van der Waals surface area (Å²) in [6.07, 6.45) is 0. The SMILES string of the molecule is Cc1cccc(N2C(=O)C(=C3C(=O)N(CO)c4ccccc43)SC2=S)c1. The summed E-state index contributed by atoms with van der Waals surface area (Å²) in [6, 6.07) is 14.6. The van der Waals surface area contributed by atoms with Crippen LogP contribution in [0.2, 0.25) is 0 Å². The van der Waals surface area contributed by atoms with Gasteiger partial charge in [-0.2, -0.15) is 0 Å². The van der Waals surface area contributed by atoms with Gasteiger partial charge in [0, 0.05) is 5.56 Å². The number of carbonyl (C=O) groups excluding carboxylic acids is 2. The molecule has 2 aromatic rings. The number of rotatable bonds is 2. The van der Waals surface area contributed by atoms with Crippen LogP contribution in [0.4, 0.5) is 11.4 Å². The molecule has 2 amide bonds. The predicted molar refractivity (Wildman–Crippen MR) is 107 cm³/mol. The molecule has 0 radical (unpaired) electrons. The van der Waals surface area contributed by atoms with Crippen molar-refractivity contribution < 1.29 is 14.7 Å². The first-order valence-corrected chi connectivity index (χ1v) is 9.14. The number of thioether (sulfide) groups is 1. The molecule has 0 unspecified atom stereocenters. The first-order chi connectivity index (χ1) is 12.5. The Bertz CT molecular complexity index is 1000. The monoisotopic (exact) mass is 382 g/mol. The Morgan fingerprint density at radius 2 is 1.85 bits per heavy atom. The Balaban J connectivity index is 1.85.